The van der Waals surface area contributed by atoms with Crippen LogP contribution in [-0.4, -0.2) is 53.3 Å². The highest BCUT2D eigenvalue weighted by Crippen LogP contribution is 2.16. The molecule has 0 aromatic heterocycles. The zero-order chi connectivity index (χ0) is 20.8. The Morgan fingerprint density at radius 3 is 2.04 bits per heavy atom. The monoisotopic (exact) mass is 442 g/mol. The van der Waals surface area contributed by atoms with Crippen molar-refractivity contribution in [3.05, 3.63) is 34.3 Å². The van der Waals surface area contributed by atoms with Crippen LogP contribution in [0, 0.1) is 0 Å². The van der Waals surface area contributed by atoms with Crippen molar-refractivity contribution in [3.63, 3.8) is 0 Å². The van der Waals surface area contributed by atoms with E-state index in [1.165, 1.54) is 4.90 Å². The van der Waals surface area contributed by atoms with Gasteiger partial charge in [0.05, 0.1) is 0 Å². The van der Waals surface area contributed by atoms with Crippen LogP contribution in [0.2, 0.25) is 0 Å². The van der Waals surface area contributed by atoms with E-state index in [1.807, 2.05) is 65.8 Å². The number of carbonyl (C=O) groups excluding carboxylic acids is 2. The molecule has 0 fully saturated rings. The van der Waals surface area contributed by atoms with E-state index in [1.54, 1.807) is 11.9 Å². The molecule has 1 aromatic rings. The first kappa shape index (κ1) is 23.3. The number of hydrogen-bond donors (Lipinski definition) is 0. The molecular formula is C20H31BrN2O4. The summed E-state index contributed by atoms with van der Waals surface area (Å²) in [4.78, 5) is 27.8. The number of rotatable bonds is 5. The van der Waals surface area contributed by atoms with Gasteiger partial charge < -0.3 is 19.3 Å². The van der Waals surface area contributed by atoms with Crippen LogP contribution < -0.4 is 0 Å². The molecule has 0 aliphatic rings. The van der Waals surface area contributed by atoms with Gasteiger partial charge in [-0.15, -0.1) is 0 Å². The van der Waals surface area contributed by atoms with Crippen molar-refractivity contribution in [2.24, 2.45) is 0 Å². The van der Waals surface area contributed by atoms with Gasteiger partial charge in [0.15, 0.2) is 0 Å². The van der Waals surface area contributed by atoms with Crippen molar-refractivity contribution in [1.29, 1.82) is 0 Å². The summed E-state index contributed by atoms with van der Waals surface area (Å²) in [6.45, 7) is 12.0. The van der Waals surface area contributed by atoms with E-state index in [0.29, 0.717) is 19.6 Å². The molecule has 1 aromatic carbocycles. The largest absolute Gasteiger partial charge is 0.444 e. The summed E-state index contributed by atoms with van der Waals surface area (Å²) in [7, 11) is 1.65. The Kier molecular flexibility index (Phi) is 8.14. The normalized spacial score (nSPS) is 11.7. The standard InChI is InChI=1S/C20H31BrN2O4/c1-19(2,3)26-17(24)22(7)11-12-23(18(25)27-20(4,5)6)14-15-9-8-10-16(21)13-15/h8-10,13H,11-12,14H2,1-7H3. The van der Waals surface area contributed by atoms with Gasteiger partial charge >= 0.3 is 12.2 Å². The minimum atomic E-state index is -0.594. The summed E-state index contributed by atoms with van der Waals surface area (Å²) >= 11 is 3.44. The van der Waals surface area contributed by atoms with Crippen LogP contribution in [0.5, 0.6) is 0 Å². The number of amides is 2. The zero-order valence-electron chi connectivity index (χ0n) is 17.3. The Morgan fingerprint density at radius 1 is 0.963 bits per heavy atom. The van der Waals surface area contributed by atoms with Crippen LogP contribution in [0.25, 0.3) is 0 Å². The molecule has 2 amide bonds. The molecule has 6 nitrogen and oxygen atoms in total. The number of carbonyl (C=O) groups is 2. The molecule has 1 rings (SSSR count). The SMILES string of the molecule is CN(CCN(Cc1cccc(Br)c1)C(=O)OC(C)(C)C)C(=O)OC(C)(C)C. The van der Waals surface area contributed by atoms with Crippen molar-refractivity contribution < 1.29 is 19.1 Å². The van der Waals surface area contributed by atoms with Crippen LogP contribution in [0.1, 0.15) is 47.1 Å². The predicted molar refractivity (Wildman–Crippen MR) is 110 cm³/mol. The molecule has 0 heterocycles. The number of hydrogen-bond acceptors (Lipinski definition) is 4. The lowest BCUT2D eigenvalue weighted by Gasteiger charge is -2.30. The van der Waals surface area contributed by atoms with Gasteiger partial charge in [-0.2, -0.15) is 0 Å². The third-order valence-electron chi connectivity index (χ3n) is 3.32. The fourth-order valence-corrected chi connectivity index (χ4v) is 2.57. The summed E-state index contributed by atoms with van der Waals surface area (Å²) in [5.41, 5.74) is -0.189. The summed E-state index contributed by atoms with van der Waals surface area (Å²) in [6.07, 6.45) is -0.839. The second-order valence-corrected chi connectivity index (χ2v) is 9.35. The van der Waals surface area contributed by atoms with E-state index < -0.39 is 23.4 Å². The van der Waals surface area contributed by atoms with Crippen molar-refractivity contribution >= 4 is 28.1 Å². The number of nitrogens with zero attached hydrogens (tertiary/aromatic N) is 2. The lowest BCUT2D eigenvalue weighted by Crippen LogP contribution is -2.42. The van der Waals surface area contributed by atoms with Crippen LogP contribution in [-0.2, 0) is 16.0 Å². The molecule has 27 heavy (non-hydrogen) atoms. The Hall–Kier alpha value is -1.76. The Balaban J connectivity index is 2.81. The second kappa shape index (κ2) is 9.44. The van der Waals surface area contributed by atoms with Crippen molar-refractivity contribution in [3.8, 4) is 0 Å². The first-order valence-electron chi connectivity index (χ1n) is 8.93. The van der Waals surface area contributed by atoms with E-state index in [0.717, 1.165) is 10.0 Å². The molecular weight excluding hydrogens is 412 g/mol. The van der Waals surface area contributed by atoms with Gasteiger partial charge in [-0.3, -0.25) is 0 Å². The first-order valence-corrected chi connectivity index (χ1v) is 9.72. The summed E-state index contributed by atoms with van der Waals surface area (Å²) < 4.78 is 11.8. The van der Waals surface area contributed by atoms with Gasteiger partial charge in [-0.25, -0.2) is 9.59 Å². The third-order valence-corrected chi connectivity index (χ3v) is 3.82. The molecule has 152 valence electrons. The average Bonchev–Trinajstić information content (AvgIpc) is 2.47. The molecule has 0 N–H and O–H groups in total. The van der Waals surface area contributed by atoms with Crippen LogP contribution in [0.4, 0.5) is 9.59 Å². The second-order valence-electron chi connectivity index (χ2n) is 8.43. The van der Waals surface area contributed by atoms with Crippen LogP contribution >= 0.6 is 15.9 Å². The predicted octanol–water partition coefficient (Wildman–Crippen LogP) is 5.05. The van der Waals surface area contributed by atoms with Crippen molar-refractivity contribution in [2.75, 3.05) is 20.1 Å². The van der Waals surface area contributed by atoms with Gasteiger partial charge in [0.1, 0.15) is 11.2 Å². The van der Waals surface area contributed by atoms with E-state index in [2.05, 4.69) is 15.9 Å². The van der Waals surface area contributed by atoms with Crippen LogP contribution in [0.3, 0.4) is 0 Å². The summed E-state index contributed by atoms with van der Waals surface area (Å²) in [5.74, 6) is 0. The highest BCUT2D eigenvalue weighted by molar-refractivity contribution is 9.10. The molecule has 0 saturated carbocycles. The molecule has 0 unspecified atom stereocenters. The maximum Gasteiger partial charge on any atom is 0.410 e. The topological polar surface area (TPSA) is 59.1 Å². The highest BCUT2D eigenvalue weighted by atomic mass is 79.9. The fraction of sp³-hybridized carbons (Fsp3) is 0.600. The fourth-order valence-electron chi connectivity index (χ4n) is 2.12. The molecule has 0 bridgehead atoms. The zero-order valence-corrected chi connectivity index (χ0v) is 18.9. The molecule has 0 atom stereocenters. The maximum absolute atomic E-state index is 12.6. The van der Waals surface area contributed by atoms with Crippen molar-refractivity contribution in [1.82, 2.24) is 9.80 Å². The third kappa shape index (κ3) is 9.65. The Bertz CT molecular complexity index is 650. The number of halogens is 1. The molecule has 0 spiro atoms. The molecule has 0 radical (unpaired) electrons. The lowest BCUT2D eigenvalue weighted by atomic mass is 10.2. The smallest absolute Gasteiger partial charge is 0.410 e. The summed E-state index contributed by atoms with van der Waals surface area (Å²) in [6, 6.07) is 7.74. The van der Waals surface area contributed by atoms with E-state index in [-0.39, 0.29) is 0 Å². The van der Waals surface area contributed by atoms with E-state index in [9.17, 15) is 9.59 Å². The van der Waals surface area contributed by atoms with Gasteiger partial charge in [-0.1, -0.05) is 28.1 Å². The van der Waals surface area contributed by atoms with E-state index in [4.69, 9.17) is 9.47 Å². The molecule has 0 saturated heterocycles. The Labute approximate surface area is 170 Å². The van der Waals surface area contributed by atoms with Gasteiger partial charge in [0.2, 0.25) is 0 Å². The quantitative estimate of drug-likeness (QED) is 0.639. The molecule has 0 aliphatic heterocycles. The van der Waals surface area contributed by atoms with Crippen molar-refractivity contribution in [2.45, 2.75) is 59.3 Å². The van der Waals surface area contributed by atoms with Gasteiger partial charge in [-0.05, 0) is 59.2 Å². The number of likely N-dealkylation sites (N-methyl/N-ethyl adjacent to an activating group) is 1. The highest BCUT2D eigenvalue weighted by Gasteiger charge is 2.24. The van der Waals surface area contributed by atoms with Gasteiger partial charge in [0, 0.05) is 31.2 Å². The Morgan fingerprint density at radius 2 is 1.52 bits per heavy atom. The molecule has 0 aliphatic carbocycles. The number of ether oxygens (including phenoxy) is 2. The van der Waals surface area contributed by atoms with E-state index >= 15 is 0 Å². The molecule has 7 heteroatoms. The average molecular weight is 443 g/mol. The minimum absolute atomic E-state index is 0.331. The summed E-state index contributed by atoms with van der Waals surface area (Å²) in [5, 5.41) is 0. The van der Waals surface area contributed by atoms with Crippen LogP contribution in [0.15, 0.2) is 28.7 Å². The lowest BCUT2D eigenvalue weighted by molar-refractivity contribution is 0.0152. The first-order chi connectivity index (χ1) is 12.3. The van der Waals surface area contributed by atoms with Gasteiger partial charge in [0.25, 0.3) is 0 Å². The maximum atomic E-state index is 12.6. The number of benzene rings is 1. The minimum Gasteiger partial charge on any atom is -0.444 e.